The summed E-state index contributed by atoms with van der Waals surface area (Å²) in [5, 5.41) is 10.8. The highest BCUT2D eigenvalue weighted by Gasteiger charge is 2.17. The number of carbonyl (C=O) groups is 1. The molecule has 0 atom stereocenters. The van der Waals surface area contributed by atoms with Gasteiger partial charge in [-0.2, -0.15) is 0 Å². The maximum absolute atomic E-state index is 11.1. The van der Waals surface area contributed by atoms with Gasteiger partial charge in [-0.15, -0.1) is 0 Å². The van der Waals surface area contributed by atoms with E-state index in [-0.39, 0.29) is 30.4 Å². The number of nitro groups is 1. The van der Waals surface area contributed by atoms with E-state index in [1.54, 1.807) is 26.0 Å². The highest BCUT2D eigenvalue weighted by Crippen LogP contribution is 2.30. The molecule has 6 heteroatoms. The monoisotopic (exact) mass is 253 g/mol. The number of esters is 1. The fraction of sp³-hybridized carbons (Fsp3) is 0.417. The number of carbonyl (C=O) groups excluding carboxylic acids is 1. The molecule has 0 aromatic heterocycles. The minimum Gasteiger partial charge on any atom is -0.486 e. The Balaban J connectivity index is 2.67. The smallest absolute Gasteiger partial charge is 0.311 e. The van der Waals surface area contributed by atoms with Gasteiger partial charge in [-0.1, -0.05) is 12.1 Å². The lowest BCUT2D eigenvalue weighted by Crippen LogP contribution is -2.10. The Bertz CT molecular complexity index is 444. The van der Waals surface area contributed by atoms with E-state index in [2.05, 4.69) is 0 Å². The third-order valence-electron chi connectivity index (χ3n) is 2.25. The normalized spacial score (nSPS) is 9.89. The predicted molar refractivity (Wildman–Crippen MR) is 64.6 cm³/mol. The zero-order chi connectivity index (χ0) is 13.5. The van der Waals surface area contributed by atoms with E-state index in [1.807, 2.05) is 0 Å². The first kappa shape index (κ1) is 14.0. The number of rotatable bonds is 6. The second-order valence-corrected chi connectivity index (χ2v) is 3.58. The van der Waals surface area contributed by atoms with Crippen LogP contribution in [0.4, 0.5) is 5.69 Å². The van der Waals surface area contributed by atoms with Crippen LogP contribution in [0, 0.1) is 17.0 Å². The summed E-state index contributed by atoms with van der Waals surface area (Å²) in [6.45, 7) is 3.80. The molecule has 0 saturated heterocycles. The lowest BCUT2D eigenvalue weighted by atomic mass is 10.2. The number of para-hydroxylation sites is 1. The van der Waals surface area contributed by atoms with Crippen LogP contribution in [0.3, 0.4) is 0 Å². The molecule has 18 heavy (non-hydrogen) atoms. The summed E-state index contributed by atoms with van der Waals surface area (Å²) in [4.78, 5) is 21.4. The van der Waals surface area contributed by atoms with E-state index >= 15 is 0 Å². The molecule has 1 rings (SSSR count). The summed E-state index contributed by atoms with van der Waals surface area (Å²) >= 11 is 0. The predicted octanol–water partition coefficient (Wildman–Crippen LogP) is 2.24. The van der Waals surface area contributed by atoms with E-state index < -0.39 is 4.92 Å². The maximum Gasteiger partial charge on any atom is 0.311 e. The van der Waals surface area contributed by atoms with E-state index in [1.165, 1.54) is 6.07 Å². The Hall–Kier alpha value is -2.11. The number of benzene rings is 1. The average Bonchev–Trinajstić information content (AvgIpc) is 2.31. The van der Waals surface area contributed by atoms with Crippen molar-refractivity contribution in [3.8, 4) is 5.75 Å². The van der Waals surface area contributed by atoms with Gasteiger partial charge in [-0.3, -0.25) is 14.9 Å². The van der Waals surface area contributed by atoms with Crippen LogP contribution in [0.15, 0.2) is 18.2 Å². The Labute approximate surface area is 105 Å². The third-order valence-corrected chi connectivity index (χ3v) is 2.25. The molecule has 1 aromatic rings. The van der Waals surface area contributed by atoms with Crippen molar-refractivity contribution in [3.05, 3.63) is 33.9 Å². The quantitative estimate of drug-likeness (QED) is 0.441. The van der Waals surface area contributed by atoms with Gasteiger partial charge >= 0.3 is 11.7 Å². The summed E-state index contributed by atoms with van der Waals surface area (Å²) < 4.78 is 10.0. The van der Waals surface area contributed by atoms with Gasteiger partial charge in [0.25, 0.3) is 0 Å². The van der Waals surface area contributed by atoms with Crippen molar-refractivity contribution < 1.29 is 19.2 Å². The van der Waals surface area contributed by atoms with Gasteiger partial charge in [0.05, 0.1) is 24.6 Å². The summed E-state index contributed by atoms with van der Waals surface area (Å²) in [6.07, 6.45) is 0.0688. The standard InChI is InChI=1S/C12H15NO5/c1-3-17-11(14)7-8-18-12-9(2)5-4-6-10(12)13(15)16/h4-6H,3,7-8H2,1-2H3. The molecular weight excluding hydrogens is 238 g/mol. The van der Waals surface area contributed by atoms with Gasteiger partial charge in [0.1, 0.15) is 0 Å². The van der Waals surface area contributed by atoms with E-state index in [0.717, 1.165) is 0 Å². The molecule has 0 spiro atoms. The highest BCUT2D eigenvalue weighted by atomic mass is 16.6. The summed E-state index contributed by atoms with van der Waals surface area (Å²) in [5.41, 5.74) is 0.562. The van der Waals surface area contributed by atoms with Gasteiger partial charge in [0.2, 0.25) is 0 Å². The Morgan fingerprint density at radius 1 is 1.44 bits per heavy atom. The SMILES string of the molecule is CCOC(=O)CCOc1c(C)cccc1[N+](=O)[O-]. The largest absolute Gasteiger partial charge is 0.486 e. The molecule has 0 bridgehead atoms. The van der Waals surface area contributed by atoms with Crippen molar-refractivity contribution in [1.82, 2.24) is 0 Å². The summed E-state index contributed by atoms with van der Waals surface area (Å²) in [7, 11) is 0. The van der Waals surface area contributed by atoms with Crippen LogP contribution < -0.4 is 4.74 Å². The van der Waals surface area contributed by atoms with Crippen molar-refractivity contribution in [1.29, 1.82) is 0 Å². The second-order valence-electron chi connectivity index (χ2n) is 3.58. The third kappa shape index (κ3) is 3.73. The van der Waals surface area contributed by atoms with Crippen LogP contribution in [-0.4, -0.2) is 24.1 Å². The molecular formula is C12H15NO5. The minimum absolute atomic E-state index is 0.0600. The van der Waals surface area contributed by atoms with Crippen molar-refractivity contribution in [2.24, 2.45) is 0 Å². The number of aryl methyl sites for hydroxylation is 1. The molecule has 1 aromatic carbocycles. The lowest BCUT2D eigenvalue weighted by molar-refractivity contribution is -0.385. The van der Waals surface area contributed by atoms with Crippen molar-refractivity contribution in [3.63, 3.8) is 0 Å². The molecule has 0 radical (unpaired) electrons. The molecule has 0 saturated carbocycles. The first-order valence-electron chi connectivity index (χ1n) is 5.58. The van der Waals surface area contributed by atoms with Crippen molar-refractivity contribution in [2.45, 2.75) is 20.3 Å². The molecule has 98 valence electrons. The van der Waals surface area contributed by atoms with Crippen LogP contribution >= 0.6 is 0 Å². The molecule has 0 amide bonds. The van der Waals surface area contributed by atoms with Crippen LogP contribution in [0.25, 0.3) is 0 Å². The van der Waals surface area contributed by atoms with Gasteiger partial charge in [0.15, 0.2) is 5.75 Å². The van der Waals surface area contributed by atoms with Gasteiger partial charge in [-0.25, -0.2) is 0 Å². The number of hydrogen-bond acceptors (Lipinski definition) is 5. The number of nitrogens with zero attached hydrogens (tertiary/aromatic N) is 1. The Morgan fingerprint density at radius 2 is 2.17 bits per heavy atom. The molecule has 0 aliphatic rings. The number of hydrogen-bond donors (Lipinski definition) is 0. The Kier molecular flexibility index (Phi) is 5.10. The first-order valence-corrected chi connectivity index (χ1v) is 5.58. The second kappa shape index (κ2) is 6.58. The van der Waals surface area contributed by atoms with Crippen molar-refractivity contribution in [2.75, 3.05) is 13.2 Å². The van der Waals surface area contributed by atoms with Crippen molar-refractivity contribution >= 4 is 11.7 Å². The first-order chi connectivity index (χ1) is 8.56. The zero-order valence-corrected chi connectivity index (χ0v) is 10.3. The molecule has 0 heterocycles. The topological polar surface area (TPSA) is 78.7 Å². The van der Waals surface area contributed by atoms with Crippen LogP contribution in [0.5, 0.6) is 5.75 Å². The summed E-state index contributed by atoms with van der Waals surface area (Å²) in [6, 6.07) is 4.67. The fourth-order valence-corrected chi connectivity index (χ4v) is 1.44. The molecule has 0 fully saturated rings. The summed E-state index contributed by atoms with van der Waals surface area (Å²) in [5.74, 6) is -0.180. The van der Waals surface area contributed by atoms with Crippen LogP contribution in [-0.2, 0) is 9.53 Å². The number of ether oxygens (including phenoxy) is 2. The molecule has 0 unspecified atom stereocenters. The molecule has 0 aliphatic carbocycles. The average molecular weight is 253 g/mol. The van der Waals surface area contributed by atoms with Crippen LogP contribution in [0.2, 0.25) is 0 Å². The maximum atomic E-state index is 11.1. The van der Waals surface area contributed by atoms with E-state index in [4.69, 9.17) is 9.47 Å². The number of nitro benzene ring substituents is 1. The van der Waals surface area contributed by atoms with Gasteiger partial charge in [0, 0.05) is 6.07 Å². The van der Waals surface area contributed by atoms with Gasteiger partial charge in [-0.05, 0) is 19.4 Å². The van der Waals surface area contributed by atoms with Gasteiger partial charge < -0.3 is 9.47 Å². The molecule has 0 aliphatic heterocycles. The fourth-order valence-electron chi connectivity index (χ4n) is 1.44. The van der Waals surface area contributed by atoms with E-state index in [0.29, 0.717) is 12.2 Å². The highest BCUT2D eigenvalue weighted by molar-refractivity contribution is 5.69. The molecule has 0 N–H and O–H groups in total. The Morgan fingerprint density at radius 3 is 2.78 bits per heavy atom. The van der Waals surface area contributed by atoms with E-state index in [9.17, 15) is 14.9 Å². The van der Waals surface area contributed by atoms with Crippen LogP contribution in [0.1, 0.15) is 18.9 Å². The zero-order valence-electron chi connectivity index (χ0n) is 10.3. The molecule has 6 nitrogen and oxygen atoms in total. The lowest BCUT2D eigenvalue weighted by Gasteiger charge is -2.08. The minimum atomic E-state index is -0.507.